The molecule has 140 valence electrons. The molecule has 0 spiro atoms. The van der Waals surface area contributed by atoms with Crippen molar-refractivity contribution in [3.05, 3.63) is 59.0 Å². The molecule has 0 aliphatic carbocycles. The van der Waals surface area contributed by atoms with E-state index in [2.05, 4.69) is 16.4 Å². The summed E-state index contributed by atoms with van der Waals surface area (Å²) in [4.78, 5) is 18.7. The number of hydrogen-bond acceptors (Lipinski definition) is 5. The zero-order valence-corrected chi connectivity index (χ0v) is 15.1. The van der Waals surface area contributed by atoms with Crippen LogP contribution in [0.15, 0.2) is 36.5 Å². The van der Waals surface area contributed by atoms with Crippen LogP contribution in [-0.4, -0.2) is 43.2 Å². The fraction of sp³-hybridized carbons (Fsp3) is 0.350. The third-order valence-electron chi connectivity index (χ3n) is 4.41. The lowest BCUT2D eigenvalue weighted by Gasteiger charge is -2.25. The summed E-state index contributed by atoms with van der Waals surface area (Å²) in [6.07, 6.45) is 2.17. The number of halogens is 1. The largest absolute Gasteiger partial charge is 0.374 e. The maximum atomic E-state index is 13.9. The number of carbonyl (C=O) groups excluding carboxylic acids is 1. The van der Waals surface area contributed by atoms with E-state index in [4.69, 9.17) is 10.00 Å². The first-order valence-electron chi connectivity index (χ1n) is 8.84. The molecular formula is C20H21FN4O2. The predicted molar refractivity (Wildman–Crippen MR) is 99.0 cm³/mol. The van der Waals surface area contributed by atoms with E-state index in [-0.39, 0.29) is 18.2 Å². The number of ether oxygens (including phenoxy) is 1. The molecule has 27 heavy (non-hydrogen) atoms. The van der Waals surface area contributed by atoms with E-state index in [0.717, 1.165) is 18.5 Å². The number of carbonyl (C=O) groups is 1. The maximum absolute atomic E-state index is 13.9. The lowest BCUT2D eigenvalue weighted by atomic mass is 10.1. The number of nitrogens with zero attached hydrogens (tertiary/aromatic N) is 3. The van der Waals surface area contributed by atoms with Gasteiger partial charge >= 0.3 is 0 Å². The van der Waals surface area contributed by atoms with Gasteiger partial charge < -0.3 is 15.0 Å². The summed E-state index contributed by atoms with van der Waals surface area (Å²) in [5, 5.41) is 11.8. The van der Waals surface area contributed by atoms with E-state index in [0.29, 0.717) is 24.5 Å². The van der Waals surface area contributed by atoms with E-state index in [1.165, 1.54) is 12.1 Å². The predicted octanol–water partition coefficient (Wildman–Crippen LogP) is 2.43. The fourth-order valence-electron chi connectivity index (χ4n) is 3.00. The second-order valence-electron chi connectivity index (χ2n) is 6.50. The Balaban J connectivity index is 1.65. The number of aryl methyl sites for hydroxylation is 1. The number of nitrogens with one attached hydrogen (secondary N) is 1. The van der Waals surface area contributed by atoms with Gasteiger partial charge in [-0.2, -0.15) is 5.26 Å². The molecule has 1 aromatic heterocycles. The summed E-state index contributed by atoms with van der Waals surface area (Å²) >= 11 is 0. The number of hydrogen-bond donors (Lipinski definition) is 1. The normalized spacial score (nSPS) is 17.1. The number of nitriles is 1. The van der Waals surface area contributed by atoms with Gasteiger partial charge in [0.25, 0.3) is 5.91 Å². The summed E-state index contributed by atoms with van der Waals surface area (Å²) in [7, 11) is 0. The molecule has 2 aromatic rings. The van der Waals surface area contributed by atoms with Crippen LogP contribution in [0.25, 0.3) is 0 Å². The van der Waals surface area contributed by atoms with E-state index in [9.17, 15) is 9.18 Å². The topological polar surface area (TPSA) is 78.3 Å². The first-order valence-corrected chi connectivity index (χ1v) is 8.84. The smallest absolute Gasteiger partial charge is 0.254 e. The minimum Gasteiger partial charge on any atom is -0.374 e. The number of aromatic nitrogens is 1. The van der Waals surface area contributed by atoms with Gasteiger partial charge in [-0.15, -0.1) is 0 Å². The van der Waals surface area contributed by atoms with Crippen LogP contribution in [0, 0.1) is 24.1 Å². The molecule has 3 rings (SSSR count). The van der Waals surface area contributed by atoms with Crippen LogP contribution in [0.1, 0.15) is 27.9 Å². The minimum absolute atomic E-state index is 0.0314. The zero-order valence-electron chi connectivity index (χ0n) is 15.1. The van der Waals surface area contributed by atoms with Gasteiger partial charge in [0, 0.05) is 32.4 Å². The molecule has 1 aliphatic heterocycles. The van der Waals surface area contributed by atoms with Gasteiger partial charge in [0.1, 0.15) is 11.6 Å². The Morgan fingerprint density at radius 2 is 2.30 bits per heavy atom. The average Bonchev–Trinajstić information content (AvgIpc) is 2.94. The highest BCUT2D eigenvalue weighted by Gasteiger charge is 2.21. The Hall–Kier alpha value is -2.98. The van der Waals surface area contributed by atoms with Crippen molar-refractivity contribution >= 4 is 11.7 Å². The van der Waals surface area contributed by atoms with Crippen molar-refractivity contribution in [3.8, 4) is 6.07 Å². The van der Waals surface area contributed by atoms with Gasteiger partial charge in [-0.05, 0) is 37.6 Å². The third-order valence-corrected chi connectivity index (χ3v) is 4.41. The highest BCUT2D eigenvalue weighted by Crippen LogP contribution is 2.16. The number of anilines is 1. The molecule has 1 amide bonds. The Morgan fingerprint density at radius 1 is 1.44 bits per heavy atom. The third kappa shape index (κ3) is 4.80. The van der Waals surface area contributed by atoms with Crippen molar-refractivity contribution in [1.29, 1.82) is 5.26 Å². The molecule has 6 nitrogen and oxygen atoms in total. The fourth-order valence-corrected chi connectivity index (χ4v) is 3.00. The molecule has 1 aliphatic rings. The Kier molecular flexibility index (Phi) is 5.99. The minimum atomic E-state index is -0.543. The molecule has 0 radical (unpaired) electrons. The van der Waals surface area contributed by atoms with Crippen molar-refractivity contribution in [1.82, 2.24) is 10.3 Å². The summed E-state index contributed by atoms with van der Waals surface area (Å²) in [5.41, 5.74) is 1.40. The Bertz CT molecular complexity index is 865. The summed E-state index contributed by atoms with van der Waals surface area (Å²) < 4.78 is 19.7. The van der Waals surface area contributed by atoms with E-state index >= 15 is 0 Å². The Morgan fingerprint density at radius 3 is 3.11 bits per heavy atom. The second kappa shape index (κ2) is 8.60. The van der Waals surface area contributed by atoms with Crippen LogP contribution in [0.2, 0.25) is 0 Å². The van der Waals surface area contributed by atoms with Crippen molar-refractivity contribution in [2.24, 2.45) is 0 Å². The van der Waals surface area contributed by atoms with Gasteiger partial charge in [0.15, 0.2) is 0 Å². The highest BCUT2D eigenvalue weighted by atomic mass is 19.1. The van der Waals surface area contributed by atoms with E-state index < -0.39 is 11.7 Å². The van der Waals surface area contributed by atoms with Crippen LogP contribution in [-0.2, 0) is 4.74 Å². The van der Waals surface area contributed by atoms with Crippen LogP contribution in [0.4, 0.5) is 10.2 Å². The molecule has 2 heterocycles. The molecule has 1 saturated heterocycles. The molecule has 0 saturated carbocycles. The van der Waals surface area contributed by atoms with Gasteiger partial charge in [-0.1, -0.05) is 11.6 Å². The molecule has 7 heteroatoms. The van der Waals surface area contributed by atoms with Gasteiger partial charge in [0.2, 0.25) is 0 Å². The zero-order chi connectivity index (χ0) is 19.2. The molecule has 1 N–H and O–H groups in total. The number of amides is 1. The first kappa shape index (κ1) is 18.8. The van der Waals surface area contributed by atoms with Crippen LogP contribution in [0.3, 0.4) is 0 Å². The van der Waals surface area contributed by atoms with Crippen LogP contribution < -0.4 is 10.2 Å². The molecular weight excluding hydrogens is 347 g/mol. The molecule has 0 bridgehead atoms. The summed E-state index contributed by atoms with van der Waals surface area (Å²) in [5.74, 6) is -0.292. The van der Waals surface area contributed by atoms with Crippen molar-refractivity contribution in [2.45, 2.75) is 19.4 Å². The van der Waals surface area contributed by atoms with Crippen molar-refractivity contribution in [2.75, 3.05) is 31.1 Å². The SMILES string of the molecule is Cc1ccc(F)c(C(=O)NCC2CN(c3cc(C#N)ccn3)CCCO2)c1. The second-order valence-corrected chi connectivity index (χ2v) is 6.50. The molecule has 1 fully saturated rings. The Labute approximate surface area is 157 Å². The molecule has 1 atom stereocenters. The maximum Gasteiger partial charge on any atom is 0.254 e. The quantitative estimate of drug-likeness (QED) is 0.897. The summed E-state index contributed by atoms with van der Waals surface area (Å²) in [6.45, 7) is 3.91. The monoisotopic (exact) mass is 368 g/mol. The van der Waals surface area contributed by atoms with Gasteiger partial charge in [-0.25, -0.2) is 9.37 Å². The number of rotatable bonds is 4. The average molecular weight is 368 g/mol. The van der Waals surface area contributed by atoms with Crippen LogP contribution >= 0.6 is 0 Å². The lowest BCUT2D eigenvalue weighted by Crippen LogP contribution is -2.40. The van der Waals surface area contributed by atoms with Crippen LogP contribution in [0.5, 0.6) is 0 Å². The van der Waals surface area contributed by atoms with E-state index in [1.807, 2.05) is 11.8 Å². The molecule has 1 unspecified atom stereocenters. The lowest BCUT2D eigenvalue weighted by molar-refractivity contribution is 0.0638. The first-order chi connectivity index (χ1) is 13.1. The van der Waals surface area contributed by atoms with E-state index in [1.54, 1.807) is 24.4 Å². The highest BCUT2D eigenvalue weighted by molar-refractivity contribution is 5.94. The number of pyridine rings is 1. The van der Waals surface area contributed by atoms with Gasteiger partial charge in [-0.3, -0.25) is 4.79 Å². The summed E-state index contributed by atoms with van der Waals surface area (Å²) in [6, 6.07) is 9.96. The van der Waals surface area contributed by atoms with Crippen molar-refractivity contribution in [3.63, 3.8) is 0 Å². The number of benzene rings is 1. The van der Waals surface area contributed by atoms with Crippen molar-refractivity contribution < 1.29 is 13.9 Å². The van der Waals surface area contributed by atoms with Gasteiger partial charge in [0.05, 0.1) is 23.3 Å². The molecule has 1 aromatic carbocycles. The standard InChI is InChI=1S/C20H21FN4O2/c1-14-3-4-18(21)17(9-14)20(26)24-12-16-13-25(7-2-8-27-16)19-10-15(11-22)5-6-23-19/h3-6,9-10,16H,2,7-8,12-13H2,1H3,(H,24,26).